The third kappa shape index (κ3) is 8.94. The number of carbonyl (C=O) groups excluding carboxylic acids is 4. The van der Waals surface area contributed by atoms with E-state index in [1.165, 1.54) is 13.8 Å². The number of amides is 4. The van der Waals surface area contributed by atoms with E-state index in [2.05, 4.69) is 16.0 Å². The lowest BCUT2D eigenvalue weighted by atomic mass is 10.1. The van der Waals surface area contributed by atoms with E-state index < -0.39 is 60.4 Å². The van der Waals surface area contributed by atoms with Crippen molar-refractivity contribution in [3.05, 3.63) is 0 Å². The van der Waals surface area contributed by atoms with Crippen molar-refractivity contribution in [2.45, 2.75) is 50.9 Å². The molecule has 12 nitrogen and oxygen atoms in total. The molecule has 0 bridgehead atoms. The highest BCUT2D eigenvalue weighted by atomic mass is 16.4. The third-order valence-electron chi connectivity index (χ3n) is 3.21. The molecule has 0 rings (SSSR count). The molecule has 0 radical (unpaired) electrons. The predicted molar refractivity (Wildman–Crippen MR) is 88.3 cm³/mol. The summed E-state index contributed by atoms with van der Waals surface area (Å²) in [7, 11) is 0. The third-order valence-corrected chi connectivity index (χ3v) is 3.21. The Bertz CT molecular complexity index is 550. The van der Waals surface area contributed by atoms with E-state index >= 15 is 0 Å². The maximum Gasteiger partial charge on any atom is 0.326 e. The summed E-state index contributed by atoms with van der Waals surface area (Å²) in [4.78, 5) is 57.1. The van der Waals surface area contributed by atoms with Gasteiger partial charge in [-0.3, -0.25) is 19.2 Å². The Morgan fingerprint density at radius 3 is 2.04 bits per heavy atom. The minimum absolute atomic E-state index is 0.249. The van der Waals surface area contributed by atoms with Crippen LogP contribution in [0.4, 0.5) is 0 Å². The molecule has 4 amide bonds. The molecule has 0 aromatic rings. The average molecular weight is 375 g/mol. The van der Waals surface area contributed by atoms with E-state index in [-0.39, 0.29) is 12.8 Å². The fourth-order valence-corrected chi connectivity index (χ4v) is 1.76. The molecule has 0 aliphatic heterocycles. The van der Waals surface area contributed by atoms with Crippen LogP contribution in [-0.4, -0.2) is 70.6 Å². The molecule has 0 aliphatic carbocycles. The minimum Gasteiger partial charge on any atom is -0.480 e. The van der Waals surface area contributed by atoms with Crippen LogP contribution in [-0.2, 0) is 24.0 Å². The van der Waals surface area contributed by atoms with E-state index in [0.29, 0.717) is 0 Å². The van der Waals surface area contributed by atoms with Gasteiger partial charge >= 0.3 is 5.97 Å². The second kappa shape index (κ2) is 11.0. The van der Waals surface area contributed by atoms with Crippen LogP contribution in [0.25, 0.3) is 0 Å². The Labute approximate surface area is 149 Å². The molecule has 0 saturated heterocycles. The van der Waals surface area contributed by atoms with Crippen molar-refractivity contribution < 1.29 is 34.2 Å². The summed E-state index contributed by atoms with van der Waals surface area (Å²) < 4.78 is 0. The van der Waals surface area contributed by atoms with Crippen LogP contribution >= 0.6 is 0 Å². The molecule has 4 unspecified atom stereocenters. The average Bonchev–Trinajstić information content (AvgIpc) is 2.52. The number of primary amides is 1. The molecule has 0 fully saturated rings. The number of rotatable bonds is 11. The van der Waals surface area contributed by atoms with Crippen molar-refractivity contribution in [1.29, 1.82) is 0 Å². The van der Waals surface area contributed by atoms with E-state index in [4.69, 9.17) is 16.6 Å². The Balaban J connectivity index is 4.82. The van der Waals surface area contributed by atoms with Gasteiger partial charge in [0.1, 0.15) is 12.1 Å². The van der Waals surface area contributed by atoms with Crippen molar-refractivity contribution in [3.63, 3.8) is 0 Å². The first-order valence-electron chi connectivity index (χ1n) is 7.77. The number of hydrogen-bond acceptors (Lipinski definition) is 7. The van der Waals surface area contributed by atoms with Crippen molar-refractivity contribution in [2.75, 3.05) is 6.54 Å². The molecule has 0 heterocycles. The van der Waals surface area contributed by atoms with Crippen molar-refractivity contribution in [3.8, 4) is 0 Å². The Hall–Kier alpha value is -2.73. The number of nitrogens with one attached hydrogen (secondary N) is 3. The first-order chi connectivity index (χ1) is 12.0. The van der Waals surface area contributed by atoms with Gasteiger partial charge in [-0.15, -0.1) is 0 Å². The lowest BCUT2D eigenvalue weighted by Crippen LogP contribution is -2.57. The van der Waals surface area contributed by atoms with Crippen LogP contribution in [0, 0.1) is 0 Å². The Kier molecular flexibility index (Phi) is 9.84. The van der Waals surface area contributed by atoms with Crippen LogP contribution < -0.4 is 27.4 Å². The Morgan fingerprint density at radius 1 is 1.04 bits per heavy atom. The SMILES string of the molecule is CC(N)C(=O)NCC(=O)NC(C(=O)NC(CCC(N)=O)C(=O)O)C(C)O. The van der Waals surface area contributed by atoms with E-state index in [0.717, 1.165) is 0 Å². The number of aliphatic hydroxyl groups excluding tert-OH is 1. The van der Waals surface area contributed by atoms with Gasteiger partial charge in [-0.05, 0) is 20.3 Å². The van der Waals surface area contributed by atoms with Gasteiger partial charge < -0.3 is 37.6 Å². The van der Waals surface area contributed by atoms with Gasteiger partial charge in [-0.25, -0.2) is 4.79 Å². The van der Waals surface area contributed by atoms with Gasteiger partial charge in [0.25, 0.3) is 0 Å². The number of aliphatic carboxylic acids is 1. The van der Waals surface area contributed by atoms with Crippen molar-refractivity contribution >= 4 is 29.6 Å². The summed E-state index contributed by atoms with van der Waals surface area (Å²) in [6.07, 6.45) is -1.87. The molecule has 0 aliphatic rings. The smallest absolute Gasteiger partial charge is 0.326 e. The van der Waals surface area contributed by atoms with E-state index in [1.54, 1.807) is 0 Å². The number of nitrogens with two attached hydrogens (primary N) is 2. The molecule has 26 heavy (non-hydrogen) atoms. The number of hydrogen-bond donors (Lipinski definition) is 7. The number of carboxylic acid groups (broad SMARTS) is 1. The lowest BCUT2D eigenvalue weighted by molar-refractivity contribution is -0.143. The van der Waals surface area contributed by atoms with E-state index in [1.807, 2.05) is 0 Å². The molecular formula is C14H25N5O7. The molecule has 0 aromatic heterocycles. The minimum atomic E-state index is -1.47. The van der Waals surface area contributed by atoms with Gasteiger partial charge in [0.15, 0.2) is 0 Å². The first-order valence-corrected chi connectivity index (χ1v) is 7.77. The van der Waals surface area contributed by atoms with E-state index in [9.17, 15) is 29.1 Å². The monoisotopic (exact) mass is 375 g/mol. The molecule has 0 aromatic carbocycles. The number of carboxylic acids is 1. The zero-order chi connectivity index (χ0) is 20.4. The quantitative estimate of drug-likeness (QED) is 0.189. The van der Waals surface area contributed by atoms with Gasteiger partial charge in [-0.1, -0.05) is 0 Å². The lowest BCUT2D eigenvalue weighted by Gasteiger charge is -2.23. The van der Waals surface area contributed by atoms with Crippen molar-refractivity contribution in [1.82, 2.24) is 16.0 Å². The molecule has 4 atom stereocenters. The fourth-order valence-electron chi connectivity index (χ4n) is 1.76. The molecule has 148 valence electrons. The van der Waals surface area contributed by atoms with Gasteiger partial charge in [-0.2, -0.15) is 0 Å². The summed E-state index contributed by atoms with van der Waals surface area (Å²) >= 11 is 0. The highest BCUT2D eigenvalue weighted by Gasteiger charge is 2.29. The summed E-state index contributed by atoms with van der Waals surface area (Å²) in [5, 5.41) is 25.2. The molecule has 12 heteroatoms. The van der Waals surface area contributed by atoms with Gasteiger partial charge in [0.2, 0.25) is 23.6 Å². The fraction of sp³-hybridized carbons (Fsp3) is 0.643. The predicted octanol–water partition coefficient (Wildman–Crippen LogP) is -3.85. The van der Waals surface area contributed by atoms with Crippen LogP contribution in [0.15, 0.2) is 0 Å². The maximum absolute atomic E-state index is 12.2. The largest absolute Gasteiger partial charge is 0.480 e. The normalized spacial score (nSPS) is 15.1. The molecule has 9 N–H and O–H groups in total. The van der Waals surface area contributed by atoms with Gasteiger partial charge in [0, 0.05) is 6.42 Å². The highest BCUT2D eigenvalue weighted by molar-refractivity contribution is 5.92. The zero-order valence-electron chi connectivity index (χ0n) is 14.5. The van der Waals surface area contributed by atoms with Crippen LogP contribution in [0.5, 0.6) is 0 Å². The first kappa shape index (κ1) is 23.3. The summed E-state index contributed by atoms with van der Waals surface area (Å²) in [6, 6.07) is -3.73. The summed E-state index contributed by atoms with van der Waals surface area (Å²) in [5.41, 5.74) is 10.3. The number of carbonyl (C=O) groups is 5. The van der Waals surface area contributed by atoms with Gasteiger partial charge in [0.05, 0.1) is 18.7 Å². The second-order valence-corrected chi connectivity index (χ2v) is 5.70. The Morgan fingerprint density at radius 2 is 1.62 bits per heavy atom. The molecular weight excluding hydrogens is 350 g/mol. The zero-order valence-corrected chi connectivity index (χ0v) is 14.5. The van der Waals surface area contributed by atoms with Crippen LogP contribution in [0.1, 0.15) is 26.7 Å². The summed E-state index contributed by atoms with van der Waals surface area (Å²) in [5.74, 6) is -4.49. The van der Waals surface area contributed by atoms with Crippen molar-refractivity contribution in [2.24, 2.45) is 11.5 Å². The summed E-state index contributed by atoms with van der Waals surface area (Å²) in [6.45, 7) is 2.14. The topological polar surface area (TPSA) is 214 Å². The highest BCUT2D eigenvalue weighted by Crippen LogP contribution is 2.01. The standard InChI is InChI=1S/C14H25N5O7/c1-6(15)12(23)17-5-10(22)19-11(7(2)20)13(24)18-8(14(25)26)3-4-9(16)21/h6-8,11,20H,3-5,15H2,1-2H3,(H2,16,21)(H,17,23)(H,18,24)(H,19,22)(H,25,26). The number of aliphatic hydroxyl groups is 1. The molecule has 0 spiro atoms. The molecule has 0 saturated carbocycles. The second-order valence-electron chi connectivity index (χ2n) is 5.70. The maximum atomic E-state index is 12.2. The van der Waals surface area contributed by atoms with Crippen LogP contribution in [0.3, 0.4) is 0 Å². The van der Waals surface area contributed by atoms with Crippen LogP contribution in [0.2, 0.25) is 0 Å².